The maximum absolute atomic E-state index is 5.56. The fraction of sp³-hybridized carbons (Fsp3) is 0.875. The van der Waals surface area contributed by atoms with Crippen LogP contribution >= 0.6 is 0 Å². The van der Waals surface area contributed by atoms with Crippen molar-refractivity contribution in [2.45, 2.75) is 77.2 Å². The number of aromatic nitrogens is 3. The largest absolute Gasteiger partial charge is 0.379 e. The molecule has 0 radical (unpaired) electrons. The molecule has 2 aliphatic heterocycles. The van der Waals surface area contributed by atoms with Crippen molar-refractivity contribution in [2.24, 2.45) is 10.4 Å². The molecule has 1 aromatic rings. The second kappa shape index (κ2) is 12.0. The minimum absolute atomic E-state index is 0.353. The van der Waals surface area contributed by atoms with E-state index in [1.54, 1.807) is 0 Å². The van der Waals surface area contributed by atoms with Crippen molar-refractivity contribution >= 4 is 5.96 Å². The van der Waals surface area contributed by atoms with E-state index in [2.05, 4.69) is 35.3 Å². The molecule has 4 rings (SSSR count). The van der Waals surface area contributed by atoms with Gasteiger partial charge in [0.05, 0.1) is 13.2 Å². The lowest BCUT2D eigenvalue weighted by Gasteiger charge is -2.42. The van der Waals surface area contributed by atoms with Gasteiger partial charge < -0.3 is 19.9 Å². The number of rotatable bonds is 8. The van der Waals surface area contributed by atoms with Crippen LogP contribution in [0.25, 0.3) is 0 Å². The number of ether oxygens (including phenoxy) is 1. The summed E-state index contributed by atoms with van der Waals surface area (Å²) in [6, 6.07) is 0. The highest BCUT2D eigenvalue weighted by Gasteiger charge is 2.34. The highest BCUT2D eigenvalue weighted by Crippen LogP contribution is 2.36. The first-order valence-corrected chi connectivity index (χ1v) is 12.9. The van der Waals surface area contributed by atoms with E-state index in [-0.39, 0.29) is 0 Å². The van der Waals surface area contributed by atoms with Gasteiger partial charge in [0.2, 0.25) is 0 Å². The van der Waals surface area contributed by atoms with Gasteiger partial charge in [-0.05, 0) is 32.1 Å². The van der Waals surface area contributed by atoms with Crippen LogP contribution in [0.4, 0.5) is 0 Å². The number of nitrogens with zero attached hydrogens (tertiary/aromatic N) is 5. The number of nitrogens with one attached hydrogen (secondary N) is 2. The van der Waals surface area contributed by atoms with E-state index in [0.29, 0.717) is 5.41 Å². The molecule has 3 aliphatic rings. The average Bonchev–Trinajstić information content (AvgIpc) is 3.05. The molecule has 0 bridgehead atoms. The second-order valence-electron chi connectivity index (χ2n) is 9.90. The number of fused-ring (bicyclic) bond motifs is 1. The predicted octanol–water partition coefficient (Wildman–Crippen LogP) is 2.38. The van der Waals surface area contributed by atoms with Crippen molar-refractivity contribution < 1.29 is 4.74 Å². The monoisotopic (exact) mass is 445 g/mol. The van der Waals surface area contributed by atoms with Gasteiger partial charge in [0.1, 0.15) is 11.6 Å². The van der Waals surface area contributed by atoms with E-state index in [4.69, 9.17) is 4.74 Å². The molecule has 0 aromatic carbocycles. The molecule has 0 atom stereocenters. The van der Waals surface area contributed by atoms with Gasteiger partial charge in [0, 0.05) is 64.6 Å². The van der Waals surface area contributed by atoms with E-state index in [1.165, 1.54) is 63.7 Å². The molecule has 8 nitrogen and oxygen atoms in total. The van der Waals surface area contributed by atoms with Crippen LogP contribution in [-0.2, 0) is 24.1 Å². The summed E-state index contributed by atoms with van der Waals surface area (Å²) in [6.07, 6.45) is 13.6. The van der Waals surface area contributed by atoms with Crippen LogP contribution in [0.15, 0.2) is 4.99 Å². The number of guanidine groups is 1. The minimum Gasteiger partial charge on any atom is -0.379 e. The number of aryl methyl sites for hydroxylation is 2. The molecule has 0 unspecified atom stereocenters. The molecule has 1 aromatic heterocycles. The molecule has 3 heterocycles. The number of hydrogen-bond donors (Lipinski definition) is 2. The van der Waals surface area contributed by atoms with Crippen LogP contribution in [0, 0.1) is 5.41 Å². The third-order valence-corrected chi connectivity index (χ3v) is 7.49. The lowest BCUT2D eigenvalue weighted by Crippen LogP contribution is -2.51. The Bertz CT molecular complexity index is 720. The van der Waals surface area contributed by atoms with Gasteiger partial charge in [-0.25, -0.2) is 0 Å². The SMILES string of the molecule is CN=C(NCCCc1nnc2n1CCCCC2)NCC1(CN2CCOCC2)CCCCC1. The van der Waals surface area contributed by atoms with Crippen LogP contribution in [0.1, 0.15) is 69.4 Å². The van der Waals surface area contributed by atoms with Gasteiger partial charge >= 0.3 is 0 Å². The number of hydrogen-bond acceptors (Lipinski definition) is 5. The Balaban J connectivity index is 1.22. The van der Waals surface area contributed by atoms with Gasteiger partial charge in [-0.1, -0.05) is 25.7 Å². The van der Waals surface area contributed by atoms with Crippen molar-refractivity contribution in [1.29, 1.82) is 0 Å². The summed E-state index contributed by atoms with van der Waals surface area (Å²) in [5, 5.41) is 16.1. The fourth-order valence-corrected chi connectivity index (χ4v) is 5.60. The molecule has 2 N–H and O–H groups in total. The minimum atomic E-state index is 0.353. The van der Waals surface area contributed by atoms with Gasteiger partial charge in [-0.15, -0.1) is 10.2 Å². The third-order valence-electron chi connectivity index (χ3n) is 7.49. The van der Waals surface area contributed by atoms with Crippen molar-refractivity contribution in [2.75, 3.05) is 53.0 Å². The highest BCUT2D eigenvalue weighted by molar-refractivity contribution is 5.79. The zero-order valence-corrected chi connectivity index (χ0v) is 20.1. The van der Waals surface area contributed by atoms with Crippen molar-refractivity contribution in [3.8, 4) is 0 Å². The van der Waals surface area contributed by atoms with E-state index >= 15 is 0 Å². The molecule has 1 saturated carbocycles. The van der Waals surface area contributed by atoms with Crippen LogP contribution < -0.4 is 10.6 Å². The lowest BCUT2D eigenvalue weighted by atomic mass is 9.73. The maximum Gasteiger partial charge on any atom is 0.190 e. The zero-order chi connectivity index (χ0) is 22.1. The van der Waals surface area contributed by atoms with E-state index in [0.717, 1.165) is 77.0 Å². The van der Waals surface area contributed by atoms with Crippen LogP contribution in [0.2, 0.25) is 0 Å². The normalized spacial score (nSPS) is 22.2. The molecular formula is C24H43N7O. The highest BCUT2D eigenvalue weighted by atomic mass is 16.5. The number of aliphatic imine (C=N–C) groups is 1. The Morgan fingerprint density at radius 3 is 2.62 bits per heavy atom. The average molecular weight is 446 g/mol. The molecule has 0 spiro atoms. The van der Waals surface area contributed by atoms with Crippen molar-refractivity contribution in [3.05, 3.63) is 11.6 Å². The second-order valence-corrected chi connectivity index (χ2v) is 9.90. The maximum atomic E-state index is 5.56. The first kappa shape index (κ1) is 23.5. The summed E-state index contributed by atoms with van der Waals surface area (Å²) in [7, 11) is 1.88. The Hall–Kier alpha value is -1.67. The smallest absolute Gasteiger partial charge is 0.190 e. The lowest BCUT2D eigenvalue weighted by molar-refractivity contribution is 0.00820. The topological polar surface area (TPSA) is 79.6 Å². The number of morpholine rings is 1. The Kier molecular flexibility index (Phi) is 8.79. The summed E-state index contributed by atoms with van der Waals surface area (Å²) < 4.78 is 7.92. The van der Waals surface area contributed by atoms with E-state index in [1.807, 2.05) is 7.05 Å². The predicted molar refractivity (Wildman–Crippen MR) is 128 cm³/mol. The molecule has 1 aliphatic carbocycles. The zero-order valence-electron chi connectivity index (χ0n) is 20.1. The van der Waals surface area contributed by atoms with Crippen molar-refractivity contribution in [3.63, 3.8) is 0 Å². The molecule has 8 heteroatoms. The molecule has 180 valence electrons. The quantitative estimate of drug-likeness (QED) is 0.363. The standard InChI is InChI=1S/C24H43N7O/c1-25-23(26-13-8-10-22-29-28-21-9-4-2-7-14-31(21)22)27-19-24(11-5-3-6-12-24)20-30-15-17-32-18-16-30/h2-20H2,1H3,(H2,25,26,27). The Labute approximate surface area is 193 Å². The summed E-state index contributed by atoms with van der Waals surface area (Å²) in [5.41, 5.74) is 0.353. The molecule has 0 amide bonds. The Morgan fingerprint density at radius 1 is 1.00 bits per heavy atom. The van der Waals surface area contributed by atoms with Gasteiger partial charge in [-0.3, -0.25) is 9.89 Å². The van der Waals surface area contributed by atoms with Crippen LogP contribution in [-0.4, -0.2) is 78.6 Å². The van der Waals surface area contributed by atoms with Gasteiger partial charge in [0.15, 0.2) is 5.96 Å². The molecular weight excluding hydrogens is 402 g/mol. The van der Waals surface area contributed by atoms with Crippen LogP contribution in [0.3, 0.4) is 0 Å². The van der Waals surface area contributed by atoms with Crippen molar-refractivity contribution in [1.82, 2.24) is 30.3 Å². The van der Waals surface area contributed by atoms with Crippen LogP contribution in [0.5, 0.6) is 0 Å². The van der Waals surface area contributed by atoms with E-state index < -0.39 is 0 Å². The molecule has 2 fully saturated rings. The fourth-order valence-electron chi connectivity index (χ4n) is 5.60. The van der Waals surface area contributed by atoms with E-state index in [9.17, 15) is 0 Å². The summed E-state index contributed by atoms with van der Waals surface area (Å²) in [6.45, 7) is 8.06. The third kappa shape index (κ3) is 6.44. The Morgan fingerprint density at radius 2 is 1.81 bits per heavy atom. The van der Waals surface area contributed by atoms with Gasteiger partial charge in [-0.2, -0.15) is 0 Å². The first-order chi connectivity index (χ1) is 15.8. The molecule has 1 saturated heterocycles. The van der Waals surface area contributed by atoms with Gasteiger partial charge in [0.25, 0.3) is 0 Å². The summed E-state index contributed by atoms with van der Waals surface area (Å²) in [5.74, 6) is 3.26. The first-order valence-electron chi connectivity index (χ1n) is 12.9. The summed E-state index contributed by atoms with van der Waals surface area (Å²) in [4.78, 5) is 7.10. The summed E-state index contributed by atoms with van der Waals surface area (Å²) >= 11 is 0. The molecule has 32 heavy (non-hydrogen) atoms.